The Morgan fingerprint density at radius 3 is 2.25 bits per heavy atom. The predicted octanol–water partition coefficient (Wildman–Crippen LogP) is -0.813. The minimum atomic E-state index is -1.69. The molecule has 0 aliphatic carbocycles. The van der Waals surface area contributed by atoms with Crippen molar-refractivity contribution in [1.29, 1.82) is 0 Å². The Balaban J connectivity index is 0.00000361. The summed E-state index contributed by atoms with van der Waals surface area (Å²) in [5.74, 6) is -1.36. The van der Waals surface area contributed by atoms with Gasteiger partial charge in [0.15, 0.2) is 12.2 Å². The van der Waals surface area contributed by atoms with Gasteiger partial charge < -0.3 is 24.4 Å². The molecule has 0 aromatic carbocycles. The summed E-state index contributed by atoms with van der Waals surface area (Å²) in [5.41, 5.74) is 5.73. The maximum absolute atomic E-state index is 11.0. The molecule has 0 spiro atoms. The van der Waals surface area contributed by atoms with Crippen LogP contribution >= 0.6 is 32.9 Å². The first-order valence-electron chi connectivity index (χ1n) is 5.48. The van der Waals surface area contributed by atoms with Crippen molar-refractivity contribution in [2.45, 2.75) is 42.9 Å². The number of hydrogen-bond donors (Lipinski definition) is 3. The molecule has 20 heavy (non-hydrogen) atoms. The third kappa shape index (κ3) is 4.64. The summed E-state index contributed by atoms with van der Waals surface area (Å²) in [6, 6.07) is 0. The van der Waals surface area contributed by atoms with E-state index in [1.807, 2.05) is 0 Å². The smallest absolute Gasteiger partial charge is 0.303 e. The number of alkyl halides is 1. The molecule has 0 amide bonds. The van der Waals surface area contributed by atoms with Crippen LogP contribution in [-0.4, -0.2) is 57.8 Å². The van der Waals surface area contributed by atoms with Crippen molar-refractivity contribution < 1.29 is 34.0 Å². The maximum Gasteiger partial charge on any atom is 0.303 e. The summed E-state index contributed by atoms with van der Waals surface area (Å²) in [5, 5.41) is 19.3. The van der Waals surface area contributed by atoms with Crippen molar-refractivity contribution in [2.24, 2.45) is 5.73 Å². The number of aliphatic hydroxyl groups excluding tert-OH is 2. The summed E-state index contributed by atoms with van der Waals surface area (Å²) in [7, 11) is 0. The number of ether oxygens (including phenoxy) is 3. The first-order chi connectivity index (χ1) is 8.69. The molecule has 0 radical (unpaired) electrons. The second-order valence-electron chi connectivity index (χ2n) is 4.13. The van der Waals surface area contributed by atoms with Gasteiger partial charge in [0, 0.05) is 13.8 Å². The summed E-state index contributed by atoms with van der Waals surface area (Å²) in [6.45, 7) is 1.74. The van der Waals surface area contributed by atoms with E-state index in [0.29, 0.717) is 0 Å². The maximum atomic E-state index is 11.0. The van der Waals surface area contributed by atoms with Crippen LogP contribution in [0.25, 0.3) is 0 Å². The van der Waals surface area contributed by atoms with Gasteiger partial charge in [-0.05, 0) is 15.9 Å². The number of aliphatic hydroxyl groups is 2. The van der Waals surface area contributed by atoms with E-state index in [2.05, 4.69) is 15.9 Å². The second-order valence-corrected chi connectivity index (χ2v) is 5.37. The van der Waals surface area contributed by atoms with Crippen molar-refractivity contribution in [3.63, 3.8) is 0 Å². The van der Waals surface area contributed by atoms with Crippen molar-refractivity contribution in [3.05, 3.63) is 0 Å². The lowest BCUT2D eigenvalue weighted by molar-refractivity contribution is -0.252. The molecule has 1 rings (SSSR count). The van der Waals surface area contributed by atoms with Crippen LogP contribution in [0.15, 0.2) is 0 Å². The molecule has 4 N–H and O–H groups in total. The number of hydrogen-bond acceptors (Lipinski definition) is 8. The van der Waals surface area contributed by atoms with Crippen LogP contribution in [-0.2, 0) is 23.8 Å². The van der Waals surface area contributed by atoms with E-state index in [4.69, 9.17) is 19.9 Å². The van der Waals surface area contributed by atoms with Gasteiger partial charge in [-0.15, -0.1) is 17.0 Å². The van der Waals surface area contributed by atoms with Gasteiger partial charge in [0.2, 0.25) is 4.63 Å². The van der Waals surface area contributed by atoms with E-state index in [9.17, 15) is 19.8 Å². The number of rotatable bonds is 3. The standard InChI is InChI=1S/C10H16BrNO7.BrH/c1-4(14)17-8-6(3-13)19-10(11,12)9(7(8)16)18-5(2)15;/h6-9,13,16H,3,12H2,1-2H3;1H/t6-,7-,8-,9+,10+;/m1./s1. The van der Waals surface area contributed by atoms with E-state index >= 15 is 0 Å². The Morgan fingerprint density at radius 1 is 1.35 bits per heavy atom. The van der Waals surface area contributed by atoms with Crippen molar-refractivity contribution in [3.8, 4) is 0 Å². The molecule has 5 atom stereocenters. The van der Waals surface area contributed by atoms with Gasteiger partial charge in [-0.3, -0.25) is 15.3 Å². The van der Waals surface area contributed by atoms with Gasteiger partial charge in [-0.2, -0.15) is 0 Å². The van der Waals surface area contributed by atoms with Crippen LogP contribution in [0.1, 0.15) is 13.8 Å². The zero-order chi connectivity index (χ0) is 14.8. The number of esters is 2. The number of carbonyl (C=O) groups is 2. The zero-order valence-electron chi connectivity index (χ0n) is 10.8. The topological polar surface area (TPSA) is 128 Å². The van der Waals surface area contributed by atoms with Gasteiger partial charge in [0.1, 0.15) is 12.2 Å². The van der Waals surface area contributed by atoms with Crippen LogP contribution in [0.3, 0.4) is 0 Å². The largest absolute Gasteiger partial charge is 0.457 e. The molecular formula is C10H17Br2NO7. The average molecular weight is 423 g/mol. The van der Waals surface area contributed by atoms with E-state index in [1.165, 1.54) is 0 Å². The van der Waals surface area contributed by atoms with Crippen molar-refractivity contribution >= 4 is 44.9 Å². The van der Waals surface area contributed by atoms with Crippen LogP contribution in [0, 0.1) is 0 Å². The fraction of sp³-hybridized carbons (Fsp3) is 0.800. The second kappa shape index (κ2) is 7.66. The Kier molecular flexibility index (Phi) is 7.56. The molecule has 1 aliphatic heterocycles. The molecule has 8 nitrogen and oxygen atoms in total. The lowest BCUT2D eigenvalue weighted by Crippen LogP contribution is -2.68. The summed E-state index contributed by atoms with van der Waals surface area (Å²) >= 11 is 2.97. The quantitative estimate of drug-likeness (QED) is 0.306. The van der Waals surface area contributed by atoms with Gasteiger partial charge in [-0.1, -0.05) is 0 Å². The fourth-order valence-electron chi connectivity index (χ4n) is 1.80. The molecule has 1 saturated heterocycles. The summed E-state index contributed by atoms with van der Waals surface area (Å²) < 4.78 is 13.3. The molecule has 1 heterocycles. The Morgan fingerprint density at radius 2 is 1.85 bits per heavy atom. The summed E-state index contributed by atoms with van der Waals surface area (Å²) in [4.78, 5) is 22.0. The van der Waals surface area contributed by atoms with Gasteiger partial charge in [0.05, 0.1) is 6.61 Å². The Labute approximate surface area is 134 Å². The number of carbonyl (C=O) groups excluding carboxylic acids is 2. The van der Waals surface area contributed by atoms with Crippen LogP contribution < -0.4 is 5.73 Å². The molecule has 1 fully saturated rings. The first-order valence-corrected chi connectivity index (χ1v) is 6.27. The molecule has 0 unspecified atom stereocenters. The molecule has 0 saturated carbocycles. The average Bonchev–Trinajstić information content (AvgIpc) is 2.27. The van der Waals surface area contributed by atoms with E-state index in [-0.39, 0.29) is 17.0 Å². The Hall–Kier alpha value is -0.260. The molecule has 0 aromatic rings. The minimum absolute atomic E-state index is 0. The number of nitrogens with two attached hydrogens (primary N) is 1. The van der Waals surface area contributed by atoms with Crippen LogP contribution in [0.4, 0.5) is 0 Å². The predicted molar refractivity (Wildman–Crippen MR) is 75.2 cm³/mol. The molecule has 1 aliphatic rings. The third-order valence-electron chi connectivity index (χ3n) is 2.51. The highest BCUT2D eigenvalue weighted by atomic mass is 79.9. The third-order valence-corrected chi connectivity index (χ3v) is 3.15. The van der Waals surface area contributed by atoms with E-state index < -0.39 is 47.6 Å². The lowest BCUT2D eigenvalue weighted by atomic mass is 9.98. The van der Waals surface area contributed by atoms with Gasteiger partial charge in [-0.25, -0.2) is 0 Å². The SMILES string of the molecule is Br.CC(=O)O[C@H]1[C@@H](O)[C@H](OC(C)=O)[C@@](N)(Br)O[C@@H]1CO. The molecule has 10 heteroatoms. The molecule has 0 bridgehead atoms. The monoisotopic (exact) mass is 421 g/mol. The van der Waals surface area contributed by atoms with Crippen molar-refractivity contribution in [2.75, 3.05) is 6.61 Å². The Bertz CT molecular complexity index is 366. The van der Waals surface area contributed by atoms with Crippen molar-refractivity contribution in [1.82, 2.24) is 0 Å². The van der Waals surface area contributed by atoms with E-state index in [0.717, 1.165) is 13.8 Å². The lowest BCUT2D eigenvalue weighted by Gasteiger charge is -2.45. The molecule has 118 valence electrons. The summed E-state index contributed by atoms with van der Waals surface area (Å²) in [6.07, 6.45) is -4.98. The normalized spacial score (nSPS) is 36.7. The highest BCUT2D eigenvalue weighted by Gasteiger charge is 2.54. The zero-order valence-corrected chi connectivity index (χ0v) is 14.1. The number of halogens is 2. The van der Waals surface area contributed by atoms with E-state index in [1.54, 1.807) is 0 Å². The minimum Gasteiger partial charge on any atom is -0.457 e. The fourth-order valence-corrected chi connectivity index (χ4v) is 2.40. The molecular weight excluding hydrogens is 406 g/mol. The first kappa shape index (κ1) is 19.7. The van der Waals surface area contributed by atoms with Gasteiger partial charge in [0.25, 0.3) is 0 Å². The highest BCUT2D eigenvalue weighted by molar-refractivity contribution is 9.10. The van der Waals surface area contributed by atoms with Crippen LogP contribution in [0.2, 0.25) is 0 Å². The van der Waals surface area contributed by atoms with Gasteiger partial charge >= 0.3 is 11.9 Å². The van der Waals surface area contributed by atoms with Crippen LogP contribution in [0.5, 0.6) is 0 Å². The highest BCUT2D eigenvalue weighted by Crippen LogP contribution is 2.34. The molecule has 0 aromatic heterocycles.